The Bertz CT molecular complexity index is 433. The van der Waals surface area contributed by atoms with Crippen molar-refractivity contribution in [3.63, 3.8) is 0 Å². The first-order valence-corrected chi connectivity index (χ1v) is 6.96. The maximum atomic E-state index is 11.6. The van der Waals surface area contributed by atoms with E-state index >= 15 is 0 Å². The summed E-state index contributed by atoms with van der Waals surface area (Å²) in [6, 6.07) is 5.19. The summed E-state index contributed by atoms with van der Waals surface area (Å²) in [7, 11) is 0. The quantitative estimate of drug-likeness (QED) is 0.809. The van der Waals surface area contributed by atoms with E-state index in [0.717, 1.165) is 31.6 Å². The molecule has 20 heavy (non-hydrogen) atoms. The molecular formula is C14H21N3O3. The van der Waals surface area contributed by atoms with Crippen LogP contribution in [0.1, 0.15) is 25.0 Å². The lowest BCUT2D eigenvalue weighted by Gasteiger charge is -2.22. The van der Waals surface area contributed by atoms with Gasteiger partial charge in [0.05, 0.1) is 6.61 Å². The highest BCUT2D eigenvalue weighted by molar-refractivity contribution is 5.88. The number of urea groups is 1. The number of carbonyl (C=O) groups excluding carboxylic acids is 1. The fraction of sp³-hybridized carbons (Fsp3) is 0.571. The molecule has 1 aromatic rings. The number of pyridine rings is 1. The van der Waals surface area contributed by atoms with Crippen molar-refractivity contribution >= 4 is 11.8 Å². The minimum absolute atomic E-state index is 0.118. The van der Waals surface area contributed by atoms with Gasteiger partial charge in [0.1, 0.15) is 5.82 Å². The van der Waals surface area contributed by atoms with Gasteiger partial charge in [-0.15, -0.1) is 0 Å². The molecule has 0 spiro atoms. The van der Waals surface area contributed by atoms with Crippen LogP contribution in [-0.2, 0) is 9.47 Å². The van der Waals surface area contributed by atoms with Crippen LogP contribution in [0.15, 0.2) is 18.2 Å². The maximum absolute atomic E-state index is 11.6. The average molecular weight is 279 g/mol. The van der Waals surface area contributed by atoms with Crippen LogP contribution >= 0.6 is 0 Å². The molecule has 1 aliphatic heterocycles. The number of ether oxygens (including phenoxy) is 2. The second-order valence-corrected chi connectivity index (χ2v) is 4.71. The van der Waals surface area contributed by atoms with Gasteiger partial charge in [0.25, 0.3) is 0 Å². The Labute approximate surface area is 118 Å². The van der Waals surface area contributed by atoms with E-state index in [1.807, 2.05) is 19.1 Å². The molecule has 1 fully saturated rings. The van der Waals surface area contributed by atoms with Gasteiger partial charge < -0.3 is 14.8 Å². The molecular weight excluding hydrogens is 258 g/mol. The molecule has 110 valence electrons. The standard InChI is InChI=1S/C14H21N3O3/c1-11-5-4-6-12(16-11)17-14(18)15-8-10-20-13-7-2-3-9-19-13/h4-6,13H,2-3,7-10H2,1H3,(H2,15,16,17,18). The first-order chi connectivity index (χ1) is 9.74. The van der Waals surface area contributed by atoms with Gasteiger partial charge >= 0.3 is 6.03 Å². The summed E-state index contributed by atoms with van der Waals surface area (Å²) in [6.45, 7) is 3.52. The Kier molecular flexibility index (Phi) is 5.76. The van der Waals surface area contributed by atoms with Crippen molar-refractivity contribution < 1.29 is 14.3 Å². The first kappa shape index (κ1) is 14.7. The van der Waals surface area contributed by atoms with Crippen LogP contribution in [-0.4, -0.2) is 37.1 Å². The molecule has 2 rings (SSSR count). The molecule has 1 aliphatic rings. The molecule has 0 saturated carbocycles. The van der Waals surface area contributed by atoms with Crippen LogP contribution in [0, 0.1) is 6.92 Å². The van der Waals surface area contributed by atoms with Crippen LogP contribution < -0.4 is 10.6 Å². The van der Waals surface area contributed by atoms with Gasteiger partial charge in [-0.2, -0.15) is 0 Å². The molecule has 2 N–H and O–H groups in total. The zero-order valence-electron chi connectivity index (χ0n) is 11.7. The highest BCUT2D eigenvalue weighted by Gasteiger charge is 2.13. The van der Waals surface area contributed by atoms with Gasteiger partial charge in [-0.05, 0) is 38.3 Å². The highest BCUT2D eigenvalue weighted by atomic mass is 16.7. The van der Waals surface area contributed by atoms with Crippen molar-refractivity contribution in [1.29, 1.82) is 0 Å². The Balaban J connectivity index is 1.60. The lowest BCUT2D eigenvalue weighted by molar-refractivity contribution is -0.160. The largest absolute Gasteiger partial charge is 0.353 e. The molecule has 0 aliphatic carbocycles. The van der Waals surface area contributed by atoms with E-state index in [9.17, 15) is 4.79 Å². The summed E-state index contributed by atoms with van der Waals surface area (Å²) < 4.78 is 11.0. The second kappa shape index (κ2) is 7.81. The number of aryl methyl sites for hydroxylation is 1. The number of nitrogens with zero attached hydrogens (tertiary/aromatic N) is 1. The number of hydrogen-bond acceptors (Lipinski definition) is 4. The van der Waals surface area contributed by atoms with Crippen LogP contribution in [0.5, 0.6) is 0 Å². The number of nitrogens with one attached hydrogen (secondary N) is 2. The summed E-state index contributed by atoms with van der Waals surface area (Å²) in [6.07, 6.45) is 3.05. The van der Waals surface area contributed by atoms with E-state index in [-0.39, 0.29) is 12.3 Å². The van der Waals surface area contributed by atoms with Crippen molar-refractivity contribution in [2.45, 2.75) is 32.5 Å². The predicted molar refractivity (Wildman–Crippen MR) is 75.5 cm³/mol. The highest BCUT2D eigenvalue weighted by Crippen LogP contribution is 2.13. The Morgan fingerprint density at radius 1 is 1.50 bits per heavy atom. The smallest absolute Gasteiger partial charge is 0.320 e. The molecule has 1 atom stereocenters. The summed E-state index contributed by atoms with van der Waals surface area (Å²) in [5.74, 6) is 0.541. The molecule has 0 radical (unpaired) electrons. The SMILES string of the molecule is Cc1cccc(NC(=O)NCCOC2CCCCO2)n1. The first-order valence-electron chi connectivity index (χ1n) is 6.96. The molecule has 6 heteroatoms. The Morgan fingerprint density at radius 3 is 3.15 bits per heavy atom. The van der Waals surface area contributed by atoms with Crippen LogP contribution in [0.3, 0.4) is 0 Å². The zero-order valence-corrected chi connectivity index (χ0v) is 11.7. The van der Waals surface area contributed by atoms with Crippen molar-refractivity contribution in [2.75, 3.05) is 25.1 Å². The number of amides is 2. The van der Waals surface area contributed by atoms with E-state index < -0.39 is 0 Å². The van der Waals surface area contributed by atoms with Crippen molar-refractivity contribution in [3.05, 3.63) is 23.9 Å². The molecule has 1 saturated heterocycles. The maximum Gasteiger partial charge on any atom is 0.320 e. The van der Waals surface area contributed by atoms with E-state index in [2.05, 4.69) is 15.6 Å². The number of carbonyl (C=O) groups is 1. The predicted octanol–water partition coefficient (Wildman–Crippen LogP) is 2.05. The monoisotopic (exact) mass is 279 g/mol. The van der Waals surface area contributed by atoms with Crippen molar-refractivity contribution in [2.24, 2.45) is 0 Å². The van der Waals surface area contributed by atoms with Gasteiger partial charge in [0.2, 0.25) is 0 Å². The minimum atomic E-state index is -0.281. The molecule has 6 nitrogen and oxygen atoms in total. The fourth-order valence-corrected chi connectivity index (χ4v) is 1.97. The van der Waals surface area contributed by atoms with E-state index in [0.29, 0.717) is 19.0 Å². The molecule has 0 bridgehead atoms. The average Bonchev–Trinajstić information content (AvgIpc) is 2.45. The van der Waals surface area contributed by atoms with E-state index in [4.69, 9.17) is 9.47 Å². The van der Waals surface area contributed by atoms with Crippen LogP contribution in [0.4, 0.5) is 10.6 Å². The number of anilines is 1. The Morgan fingerprint density at radius 2 is 2.40 bits per heavy atom. The molecule has 1 unspecified atom stereocenters. The van der Waals surface area contributed by atoms with Gasteiger partial charge in [-0.25, -0.2) is 9.78 Å². The third-order valence-electron chi connectivity index (χ3n) is 2.96. The molecule has 2 amide bonds. The Hall–Kier alpha value is -1.66. The summed E-state index contributed by atoms with van der Waals surface area (Å²) in [5.41, 5.74) is 0.862. The fourth-order valence-electron chi connectivity index (χ4n) is 1.97. The zero-order chi connectivity index (χ0) is 14.2. The van der Waals surface area contributed by atoms with Crippen LogP contribution in [0.25, 0.3) is 0 Å². The number of rotatable bonds is 5. The molecule has 1 aromatic heterocycles. The summed E-state index contributed by atoms with van der Waals surface area (Å²) in [5, 5.41) is 5.39. The summed E-state index contributed by atoms with van der Waals surface area (Å²) in [4.78, 5) is 15.8. The van der Waals surface area contributed by atoms with E-state index in [1.54, 1.807) is 6.07 Å². The number of hydrogen-bond donors (Lipinski definition) is 2. The summed E-state index contributed by atoms with van der Waals surface area (Å²) >= 11 is 0. The normalized spacial score (nSPS) is 18.6. The van der Waals surface area contributed by atoms with Gasteiger partial charge in [-0.1, -0.05) is 6.07 Å². The van der Waals surface area contributed by atoms with Crippen molar-refractivity contribution in [3.8, 4) is 0 Å². The lowest BCUT2D eigenvalue weighted by Crippen LogP contribution is -2.33. The van der Waals surface area contributed by atoms with Crippen molar-refractivity contribution in [1.82, 2.24) is 10.3 Å². The number of aromatic nitrogens is 1. The second-order valence-electron chi connectivity index (χ2n) is 4.71. The third-order valence-corrected chi connectivity index (χ3v) is 2.96. The lowest BCUT2D eigenvalue weighted by atomic mass is 10.2. The van der Waals surface area contributed by atoms with Crippen LogP contribution in [0.2, 0.25) is 0 Å². The van der Waals surface area contributed by atoms with E-state index in [1.165, 1.54) is 0 Å². The molecule has 0 aromatic carbocycles. The van der Waals surface area contributed by atoms with Gasteiger partial charge in [0.15, 0.2) is 6.29 Å². The topological polar surface area (TPSA) is 72.5 Å². The molecule has 2 heterocycles. The van der Waals surface area contributed by atoms with Gasteiger partial charge in [-0.3, -0.25) is 5.32 Å². The minimum Gasteiger partial charge on any atom is -0.353 e. The van der Waals surface area contributed by atoms with Gasteiger partial charge in [0, 0.05) is 18.8 Å². The third kappa shape index (κ3) is 5.14.